The van der Waals surface area contributed by atoms with Gasteiger partial charge in [0.15, 0.2) is 0 Å². The molecule has 4 rings (SSSR count). The minimum atomic E-state index is 0.410. The van der Waals surface area contributed by atoms with Gasteiger partial charge >= 0.3 is 0 Å². The number of benzene rings is 1. The molecule has 2 aliphatic rings. The summed E-state index contributed by atoms with van der Waals surface area (Å²) in [6, 6.07) is 8.62. The largest absolute Gasteiger partial charge is 0.324 e. The number of rotatable bonds is 2. The standard InChI is InChI=1S/C16H16ClN3/c17-8-15-19-16-12(9-18)2-1-3-13(16)20(15)14-7-10-4-5-11(14)6-10/h1-3,10-11,14H,4-8H2. The van der Waals surface area contributed by atoms with Gasteiger partial charge in [0, 0.05) is 6.04 Å². The summed E-state index contributed by atoms with van der Waals surface area (Å²) in [6.45, 7) is 0. The SMILES string of the molecule is N#Cc1cccc2c1nc(CCl)n2C1CC2CCC1C2. The Morgan fingerprint density at radius 3 is 2.90 bits per heavy atom. The predicted octanol–water partition coefficient (Wildman–Crippen LogP) is 4.01. The summed E-state index contributed by atoms with van der Waals surface area (Å²) in [5.74, 6) is 2.98. The molecule has 20 heavy (non-hydrogen) atoms. The minimum Gasteiger partial charge on any atom is -0.324 e. The fraction of sp³-hybridized carbons (Fsp3) is 0.500. The van der Waals surface area contributed by atoms with Crippen LogP contribution in [-0.4, -0.2) is 9.55 Å². The molecule has 3 unspecified atom stereocenters. The van der Waals surface area contributed by atoms with E-state index in [0.717, 1.165) is 28.7 Å². The van der Waals surface area contributed by atoms with Crippen LogP contribution in [0.3, 0.4) is 0 Å². The van der Waals surface area contributed by atoms with Gasteiger partial charge in [-0.25, -0.2) is 4.98 Å². The highest BCUT2D eigenvalue weighted by Gasteiger charge is 2.41. The first-order chi connectivity index (χ1) is 9.81. The van der Waals surface area contributed by atoms with Crippen molar-refractivity contribution in [3.05, 3.63) is 29.6 Å². The van der Waals surface area contributed by atoms with E-state index in [1.54, 1.807) is 0 Å². The third-order valence-electron chi connectivity index (χ3n) is 5.07. The third kappa shape index (κ3) is 1.61. The fourth-order valence-electron chi connectivity index (χ4n) is 4.25. The van der Waals surface area contributed by atoms with E-state index >= 15 is 0 Å². The van der Waals surface area contributed by atoms with Crippen LogP contribution >= 0.6 is 11.6 Å². The molecule has 102 valence electrons. The van der Waals surface area contributed by atoms with Gasteiger partial charge in [-0.1, -0.05) is 12.5 Å². The molecule has 4 heteroatoms. The van der Waals surface area contributed by atoms with Crippen molar-refractivity contribution >= 4 is 22.6 Å². The number of nitrogens with zero attached hydrogens (tertiary/aromatic N) is 3. The van der Waals surface area contributed by atoms with Crippen LogP contribution in [0.2, 0.25) is 0 Å². The number of fused-ring (bicyclic) bond motifs is 3. The predicted molar refractivity (Wildman–Crippen MR) is 78.5 cm³/mol. The Hall–Kier alpha value is -1.53. The van der Waals surface area contributed by atoms with Gasteiger partial charge in [-0.15, -0.1) is 11.6 Å². The molecule has 0 spiro atoms. The maximum absolute atomic E-state index is 9.25. The molecule has 2 saturated carbocycles. The monoisotopic (exact) mass is 285 g/mol. The van der Waals surface area contributed by atoms with Crippen LogP contribution in [-0.2, 0) is 5.88 Å². The van der Waals surface area contributed by atoms with Crippen LogP contribution in [0.5, 0.6) is 0 Å². The fourth-order valence-corrected chi connectivity index (χ4v) is 4.44. The molecular weight excluding hydrogens is 270 g/mol. The van der Waals surface area contributed by atoms with Gasteiger partial charge in [-0.2, -0.15) is 5.26 Å². The zero-order valence-corrected chi connectivity index (χ0v) is 12.0. The third-order valence-corrected chi connectivity index (χ3v) is 5.30. The number of imidazole rings is 1. The van der Waals surface area contributed by atoms with E-state index in [4.69, 9.17) is 11.6 Å². The molecule has 2 bridgehead atoms. The quantitative estimate of drug-likeness (QED) is 0.782. The first-order valence-corrected chi connectivity index (χ1v) is 7.81. The maximum Gasteiger partial charge on any atom is 0.125 e. The molecule has 1 aromatic carbocycles. The molecule has 0 amide bonds. The molecule has 0 N–H and O–H groups in total. The van der Waals surface area contributed by atoms with E-state index in [-0.39, 0.29) is 0 Å². The van der Waals surface area contributed by atoms with E-state index in [9.17, 15) is 5.26 Å². The lowest BCUT2D eigenvalue weighted by molar-refractivity contribution is 0.331. The normalized spacial score (nSPS) is 28.1. The van der Waals surface area contributed by atoms with Crippen LogP contribution in [0.15, 0.2) is 18.2 Å². The molecule has 1 heterocycles. The average Bonchev–Trinajstić information content (AvgIpc) is 3.18. The first-order valence-electron chi connectivity index (χ1n) is 7.27. The molecule has 0 aliphatic heterocycles. The number of hydrogen-bond acceptors (Lipinski definition) is 2. The lowest BCUT2D eigenvalue weighted by Crippen LogP contribution is -2.18. The van der Waals surface area contributed by atoms with Gasteiger partial charge in [0.1, 0.15) is 17.4 Å². The molecular formula is C16H16ClN3. The second kappa shape index (κ2) is 4.49. The van der Waals surface area contributed by atoms with E-state index in [1.807, 2.05) is 12.1 Å². The number of nitriles is 1. The summed E-state index contributed by atoms with van der Waals surface area (Å²) < 4.78 is 2.33. The average molecular weight is 286 g/mol. The van der Waals surface area contributed by atoms with Crippen molar-refractivity contribution in [3.63, 3.8) is 0 Å². The summed E-state index contributed by atoms with van der Waals surface area (Å²) in [5.41, 5.74) is 2.54. The molecule has 2 aromatic rings. The van der Waals surface area contributed by atoms with Crippen molar-refractivity contribution in [1.82, 2.24) is 9.55 Å². The molecule has 3 nitrogen and oxygen atoms in total. The van der Waals surface area contributed by atoms with E-state index < -0.39 is 0 Å². The van der Waals surface area contributed by atoms with E-state index in [1.165, 1.54) is 25.7 Å². The highest BCUT2D eigenvalue weighted by atomic mass is 35.5. The van der Waals surface area contributed by atoms with Crippen molar-refractivity contribution < 1.29 is 0 Å². The van der Waals surface area contributed by atoms with Crippen LogP contribution < -0.4 is 0 Å². The highest BCUT2D eigenvalue weighted by molar-refractivity contribution is 6.16. The second-order valence-electron chi connectivity index (χ2n) is 6.06. The van der Waals surface area contributed by atoms with Gasteiger partial charge in [0.25, 0.3) is 0 Å². The van der Waals surface area contributed by atoms with Gasteiger partial charge in [-0.3, -0.25) is 0 Å². The summed E-state index contributed by atoms with van der Waals surface area (Å²) in [7, 11) is 0. The number of aromatic nitrogens is 2. The minimum absolute atomic E-state index is 0.410. The molecule has 0 saturated heterocycles. The molecule has 2 fully saturated rings. The van der Waals surface area contributed by atoms with Gasteiger partial charge < -0.3 is 4.57 Å². The second-order valence-corrected chi connectivity index (χ2v) is 6.33. The molecule has 1 aromatic heterocycles. The lowest BCUT2D eigenvalue weighted by atomic mass is 9.95. The topological polar surface area (TPSA) is 41.6 Å². The Kier molecular flexibility index (Phi) is 2.75. The Balaban J connectivity index is 1.92. The Bertz CT molecular complexity index is 712. The summed E-state index contributed by atoms with van der Waals surface area (Å²) in [4.78, 5) is 4.64. The van der Waals surface area contributed by atoms with Crippen molar-refractivity contribution in [2.24, 2.45) is 11.8 Å². The van der Waals surface area contributed by atoms with Gasteiger partial charge in [0.2, 0.25) is 0 Å². The summed E-state index contributed by atoms with van der Waals surface area (Å²) >= 11 is 6.11. The Morgan fingerprint density at radius 1 is 1.35 bits per heavy atom. The molecule has 0 radical (unpaired) electrons. The molecule has 3 atom stereocenters. The Morgan fingerprint density at radius 2 is 2.25 bits per heavy atom. The smallest absolute Gasteiger partial charge is 0.125 e. The van der Waals surface area contributed by atoms with Crippen molar-refractivity contribution in [1.29, 1.82) is 5.26 Å². The van der Waals surface area contributed by atoms with Crippen LogP contribution in [0.25, 0.3) is 11.0 Å². The van der Waals surface area contributed by atoms with Crippen LogP contribution in [0, 0.1) is 23.2 Å². The van der Waals surface area contributed by atoms with Crippen molar-refractivity contribution in [3.8, 4) is 6.07 Å². The van der Waals surface area contributed by atoms with Crippen molar-refractivity contribution in [2.45, 2.75) is 37.6 Å². The zero-order valence-electron chi connectivity index (χ0n) is 11.2. The number of para-hydroxylation sites is 1. The number of alkyl halides is 1. The first kappa shape index (κ1) is 12.2. The zero-order chi connectivity index (χ0) is 13.7. The maximum atomic E-state index is 9.25. The van der Waals surface area contributed by atoms with Crippen LogP contribution in [0.1, 0.15) is 43.1 Å². The molecule has 2 aliphatic carbocycles. The van der Waals surface area contributed by atoms with Gasteiger partial charge in [-0.05, 0) is 43.2 Å². The number of halogens is 1. The highest BCUT2D eigenvalue weighted by Crippen LogP contribution is 2.51. The lowest BCUT2D eigenvalue weighted by Gasteiger charge is -2.25. The van der Waals surface area contributed by atoms with E-state index in [2.05, 4.69) is 21.7 Å². The summed E-state index contributed by atoms with van der Waals surface area (Å²) in [6.07, 6.45) is 5.31. The van der Waals surface area contributed by atoms with Gasteiger partial charge in [0.05, 0.1) is 17.0 Å². The van der Waals surface area contributed by atoms with Crippen LogP contribution in [0.4, 0.5) is 0 Å². The number of hydrogen-bond donors (Lipinski definition) is 0. The Labute approximate surface area is 123 Å². The van der Waals surface area contributed by atoms with Crippen molar-refractivity contribution in [2.75, 3.05) is 0 Å². The van der Waals surface area contributed by atoms with E-state index in [0.29, 0.717) is 17.5 Å². The summed E-state index contributed by atoms with van der Waals surface area (Å²) in [5, 5.41) is 9.25.